The number of nitrogens with one attached hydrogen (secondary N) is 1. The van der Waals surface area contributed by atoms with E-state index in [0.29, 0.717) is 17.7 Å². The normalized spacial score (nSPS) is 13.0. The van der Waals surface area contributed by atoms with Gasteiger partial charge in [0.25, 0.3) is 0 Å². The second-order valence-electron chi connectivity index (χ2n) is 6.88. The Bertz CT molecular complexity index is 1080. The van der Waals surface area contributed by atoms with Gasteiger partial charge in [-0.3, -0.25) is 9.10 Å². The first-order chi connectivity index (χ1) is 13.4. The Morgan fingerprint density at radius 1 is 1.00 bits per heavy atom. The number of carbonyl (C=O) groups is 1. The molecule has 1 amide bonds. The summed E-state index contributed by atoms with van der Waals surface area (Å²) < 4.78 is 48.8. The van der Waals surface area contributed by atoms with Crippen molar-refractivity contribution in [3.63, 3.8) is 0 Å². The highest BCUT2D eigenvalue weighted by Gasteiger charge is 2.23. The van der Waals surface area contributed by atoms with Gasteiger partial charge in [-0.2, -0.15) is 0 Å². The van der Waals surface area contributed by atoms with Gasteiger partial charge in [0, 0.05) is 6.26 Å². The first-order valence-electron chi connectivity index (χ1n) is 9.08. The molecule has 1 atom stereocenters. The van der Waals surface area contributed by atoms with Crippen molar-refractivity contribution in [3.8, 4) is 0 Å². The number of sulfone groups is 1. The Morgan fingerprint density at radius 3 is 2.10 bits per heavy atom. The highest BCUT2D eigenvalue weighted by atomic mass is 32.2. The number of aryl methyl sites for hydroxylation is 1. The summed E-state index contributed by atoms with van der Waals surface area (Å²) in [6, 6.07) is 12.9. The quantitative estimate of drug-likeness (QED) is 0.682. The minimum absolute atomic E-state index is 0.194. The second kappa shape index (κ2) is 8.96. The highest BCUT2D eigenvalue weighted by Crippen LogP contribution is 2.23. The molecule has 0 unspecified atom stereocenters. The molecule has 2 aromatic rings. The van der Waals surface area contributed by atoms with Gasteiger partial charge in [0.1, 0.15) is 6.54 Å². The average molecular weight is 439 g/mol. The Labute approximate surface area is 172 Å². The van der Waals surface area contributed by atoms with Crippen LogP contribution in [-0.2, 0) is 31.1 Å². The van der Waals surface area contributed by atoms with Crippen molar-refractivity contribution in [1.29, 1.82) is 0 Å². The first kappa shape index (κ1) is 22.9. The lowest BCUT2D eigenvalue weighted by molar-refractivity contribution is -0.120. The van der Waals surface area contributed by atoms with Crippen molar-refractivity contribution in [2.75, 3.05) is 23.4 Å². The van der Waals surface area contributed by atoms with Crippen LogP contribution in [0.15, 0.2) is 53.4 Å². The first-order valence-corrected chi connectivity index (χ1v) is 12.8. The number of anilines is 1. The molecule has 0 aliphatic heterocycles. The van der Waals surface area contributed by atoms with Gasteiger partial charge in [-0.1, -0.05) is 37.3 Å². The fourth-order valence-corrected chi connectivity index (χ4v) is 4.46. The van der Waals surface area contributed by atoms with Crippen LogP contribution in [0.25, 0.3) is 0 Å². The van der Waals surface area contributed by atoms with Crippen molar-refractivity contribution >= 4 is 31.5 Å². The molecule has 29 heavy (non-hydrogen) atoms. The lowest BCUT2D eigenvalue weighted by Gasteiger charge is -2.25. The maximum atomic E-state index is 12.6. The topological polar surface area (TPSA) is 101 Å². The summed E-state index contributed by atoms with van der Waals surface area (Å²) in [7, 11) is -6.96. The Morgan fingerprint density at radius 2 is 1.59 bits per heavy atom. The van der Waals surface area contributed by atoms with Crippen LogP contribution in [0.5, 0.6) is 0 Å². The Balaban J connectivity index is 2.18. The number of nitrogens with zero attached hydrogens (tertiary/aromatic N) is 1. The molecule has 0 aromatic heterocycles. The van der Waals surface area contributed by atoms with Crippen molar-refractivity contribution in [3.05, 3.63) is 59.7 Å². The van der Waals surface area contributed by atoms with Gasteiger partial charge in [-0.15, -0.1) is 0 Å². The van der Waals surface area contributed by atoms with Gasteiger partial charge < -0.3 is 5.32 Å². The fraction of sp³-hybridized carbons (Fsp3) is 0.350. The monoisotopic (exact) mass is 438 g/mol. The molecule has 0 radical (unpaired) electrons. The van der Waals surface area contributed by atoms with E-state index in [1.165, 1.54) is 12.1 Å². The minimum atomic E-state index is -3.66. The van der Waals surface area contributed by atoms with Gasteiger partial charge in [-0.05, 0) is 42.7 Å². The van der Waals surface area contributed by atoms with Crippen molar-refractivity contribution in [2.24, 2.45) is 0 Å². The number of sulfonamides is 1. The van der Waals surface area contributed by atoms with Crippen LogP contribution in [-0.4, -0.2) is 41.8 Å². The second-order valence-corrected chi connectivity index (χ2v) is 10.8. The molecule has 1 N–H and O–H groups in total. The van der Waals surface area contributed by atoms with E-state index < -0.39 is 31.8 Å². The zero-order valence-electron chi connectivity index (χ0n) is 16.9. The Hall–Kier alpha value is -2.39. The molecular weight excluding hydrogens is 412 g/mol. The highest BCUT2D eigenvalue weighted by molar-refractivity contribution is 7.92. The van der Waals surface area contributed by atoms with Crippen LogP contribution in [0.1, 0.15) is 31.0 Å². The molecule has 0 fully saturated rings. The van der Waals surface area contributed by atoms with Crippen LogP contribution in [0.2, 0.25) is 0 Å². The predicted octanol–water partition coefficient (Wildman–Crippen LogP) is 2.30. The average Bonchev–Trinajstić information content (AvgIpc) is 2.64. The number of benzene rings is 2. The van der Waals surface area contributed by atoms with Crippen LogP contribution >= 0.6 is 0 Å². The third kappa shape index (κ3) is 6.04. The number of amides is 1. The molecule has 158 valence electrons. The van der Waals surface area contributed by atoms with Crippen LogP contribution in [0.4, 0.5) is 5.69 Å². The van der Waals surface area contributed by atoms with E-state index in [1.807, 2.05) is 19.1 Å². The summed E-state index contributed by atoms with van der Waals surface area (Å²) in [5, 5.41) is 2.77. The number of rotatable bonds is 8. The molecular formula is C20H26N2O5S2. The van der Waals surface area contributed by atoms with E-state index in [2.05, 4.69) is 5.32 Å². The van der Waals surface area contributed by atoms with Crippen LogP contribution in [0.3, 0.4) is 0 Å². The fourth-order valence-electron chi connectivity index (χ4n) is 2.94. The molecule has 2 rings (SSSR count). The molecule has 0 spiro atoms. The van der Waals surface area contributed by atoms with Gasteiger partial charge in [-0.25, -0.2) is 16.8 Å². The summed E-state index contributed by atoms with van der Waals surface area (Å²) in [5.41, 5.74) is 2.03. The molecule has 7 nitrogen and oxygen atoms in total. The summed E-state index contributed by atoms with van der Waals surface area (Å²) >= 11 is 0. The number of hydrogen-bond donors (Lipinski definition) is 1. The third-order valence-electron chi connectivity index (χ3n) is 4.51. The number of hydrogen-bond acceptors (Lipinski definition) is 5. The van der Waals surface area contributed by atoms with Gasteiger partial charge in [0.05, 0.1) is 22.9 Å². The molecule has 0 heterocycles. The van der Waals surface area contributed by atoms with E-state index in [4.69, 9.17) is 0 Å². The summed E-state index contributed by atoms with van der Waals surface area (Å²) in [4.78, 5) is 12.8. The molecule has 0 saturated carbocycles. The standard InChI is InChI=1S/C20H26N2O5S2/c1-5-16-8-6-7-9-19(16)22(29(4,26)27)14-20(23)21-15(2)17-10-12-18(13-11-17)28(3,24)25/h6-13,15H,5,14H2,1-4H3,(H,21,23)/t15-/m0/s1. The molecule has 0 aliphatic carbocycles. The van der Waals surface area contributed by atoms with Crippen LogP contribution in [0, 0.1) is 0 Å². The van der Waals surface area contributed by atoms with Crippen molar-refractivity contribution in [1.82, 2.24) is 5.32 Å². The Kier molecular flexibility index (Phi) is 7.07. The molecule has 9 heteroatoms. The molecule has 0 saturated heterocycles. The third-order valence-corrected chi connectivity index (χ3v) is 6.77. The van der Waals surface area contributed by atoms with Crippen molar-refractivity contribution in [2.45, 2.75) is 31.2 Å². The lowest BCUT2D eigenvalue weighted by Crippen LogP contribution is -2.41. The maximum absolute atomic E-state index is 12.6. The minimum Gasteiger partial charge on any atom is -0.348 e. The van der Waals surface area contributed by atoms with E-state index in [0.717, 1.165) is 22.4 Å². The molecule has 2 aromatic carbocycles. The smallest absolute Gasteiger partial charge is 0.241 e. The van der Waals surface area contributed by atoms with Gasteiger partial charge in [0.2, 0.25) is 15.9 Å². The number of para-hydroxylation sites is 1. The lowest BCUT2D eigenvalue weighted by atomic mass is 10.1. The van der Waals surface area contributed by atoms with Gasteiger partial charge >= 0.3 is 0 Å². The SMILES string of the molecule is CCc1ccccc1N(CC(=O)N[C@@H](C)c1ccc(S(C)(=O)=O)cc1)S(C)(=O)=O. The van der Waals surface area contributed by atoms with E-state index in [-0.39, 0.29) is 11.4 Å². The van der Waals surface area contributed by atoms with E-state index in [9.17, 15) is 21.6 Å². The summed E-state index contributed by atoms with van der Waals surface area (Å²) in [6.07, 6.45) is 2.83. The van der Waals surface area contributed by atoms with Crippen LogP contribution < -0.4 is 9.62 Å². The van der Waals surface area contributed by atoms with E-state index >= 15 is 0 Å². The number of carbonyl (C=O) groups excluding carboxylic acids is 1. The largest absolute Gasteiger partial charge is 0.348 e. The summed E-state index contributed by atoms with van der Waals surface area (Å²) in [5.74, 6) is -0.457. The zero-order chi connectivity index (χ0) is 21.8. The molecule has 0 aliphatic rings. The van der Waals surface area contributed by atoms with Gasteiger partial charge in [0.15, 0.2) is 9.84 Å². The van der Waals surface area contributed by atoms with E-state index in [1.54, 1.807) is 31.2 Å². The van der Waals surface area contributed by atoms with Crippen molar-refractivity contribution < 1.29 is 21.6 Å². The molecule has 0 bridgehead atoms. The predicted molar refractivity (Wildman–Crippen MR) is 114 cm³/mol. The summed E-state index contributed by atoms with van der Waals surface area (Å²) in [6.45, 7) is 3.32. The zero-order valence-corrected chi connectivity index (χ0v) is 18.5. The maximum Gasteiger partial charge on any atom is 0.241 e.